The van der Waals surface area contributed by atoms with Gasteiger partial charge in [0.05, 0.1) is 12.8 Å². The van der Waals surface area contributed by atoms with Crippen LogP contribution in [0.2, 0.25) is 0 Å². The van der Waals surface area contributed by atoms with Gasteiger partial charge in [0.25, 0.3) is 0 Å². The van der Waals surface area contributed by atoms with Gasteiger partial charge in [-0.05, 0) is 38.2 Å². The molecule has 4 nitrogen and oxygen atoms in total. The third-order valence-electron chi connectivity index (χ3n) is 3.62. The van der Waals surface area contributed by atoms with Crippen LogP contribution in [0.5, 0.6) is 0 Å². The molecule has 18 heavy (non-hydrogen) atoms. The van der Waals surface area contributed by atoms with E-state index in [1.807, 2.05) is 12.1 Å². The Labute approximate surface area is 110 Å². The maximum absolute atomic E-state index is 5.28. The lowest BCUT2D eigenvalue weighted by Crippen LogP contribution is -2.46. The van der Waals surface area contributed by atoms with Crippen LogP contribution in [0.1, 0.15) is 19.1 Å². The summed E-state index contributed by atoms with van der Waals surface area (Å²) in [5.74, 6) is 1.02. The van der Waals surface area contributed by atoms with Crippen molar-refractivity contribution < 1.29 is 4.42 Å². The van der Waals surface area contributed by atoms with E-state index < -0.39 is 0 Å². The van der Waals surface area contributed by atoms with Gasteiger partial charge in [0.2, 0.25) is 0 Å². The van der Waals surface area contributed by atoms with E-state index in [1.165, 1.54) is 45.7 Å². The molecule has 4 heteroatoms. The second-order valence-corrected chi connectivity index (χ2v) is 4.89. The third kappa shape index (κ3) is 4.44. The van der Waals surface area contributed by atoms with Gasteiger partial charge in [0, 0.05) is 26.2 Å². The molecule has 0 atom stereocenters. The second kappa shape index (κ2) is 7.56. The quantitative estimate of drug-likeness (QED) is 0.742. The molecule has 1 aliphatic heterocycles. The number of piperazine rings is 1. The molecular formula is C14H25N3O. The van der Waals surface area contributed by atoms with Crippen molar-refractivity contribution in [2.45, 2.75) is 19.9 Å². The average molecular weight is 251 g/mol. The van der Waals surface area contributed by atoms with Crippen molar-refractivity contribution >= 4 is 0 Å². The number of hydrogen-bond acceptors (Lipinski definition) is 4. The highest BCUT2D eigenvalue weighted by molar-refractivity contribution is 4.97. The van der Waals surface area contributed by atoms with E-state index in [9.17, 15) is 0 Å². The van der Waals surface area contributed by atoms with Gasteiger partial charge in [0.15, 0.2) is 0 Å². The Morgan fingerprint density at radius 2 is 2.00 bits per heavy atom. The summed E-state index contributed by atoms with van der Waals surface area (Å²) in [7, 11) is 0. The molecule has 2 rings (SSSR count). The first kappa shape index (κ1) is 13.6. The zero-order valence-corrected chi connectivity index (χ0v) is 11.4. The Morgan fingerprint density at radius 1 is 1.22 bits per heavy atom. The maximum atomic E-state index is 5.28. The Kier molecular flexibility index (Phi) is 5.71. The summed E-state index contributed by atoms with van der Waals surface area (Å²) in [5, 5.41) is 3.42. The molecule has 1 aromatic heterocycles. The van der Waals surface area contributed by atoms with Gasteiger partial charge in [-0.1, -0.05) is 6.92 Å². The fourth-order valence-corrected chi connectivity index (χ4v) is 2.38. The molecule has 1 saturated heterocycles. The van der Waals surface area contributed by atoms with Crippen molar-refractivity contribution in [3.8, 4) is 0 Å². The van der Waals surface area contributed by atoms with Crippen molar-refractivity contribution in [3.05, 3.63) is 24.2 Å². The number of furan rings is 1. The standard InChI is InChI=1S/C14H25N3O/c1-2-16-8-10-17(11-9-16)7-4-6-15-13-14-5-3-12-18-14/h3,5,12,15H,2,4,6-11,13H2,1H3. The Balaban J connectivity index is 1.48. The van der Waals surface area contributed by atoms with Gasteiger partial charge in [-0.3, -0.25) is 0 Å². The van der Waals surface area contributed by atoms with Gasteiger partial charge in [0.1, 0.15) is 5.76 Å². The molecule has 1 fully saturated rings. The number of likely N-dealkylation sites (N-methyl/N-ethyl adjacent to an activating group) is 1. The predicted molar refractivity (Wildman–Crippen MR) is 73.6 cm³/mol. The summed E-state index contributed by atoms with van der Waals surface area (Å²) in [6.45, 7) is 11.5. The summed E-state index contributed by atoms with van der Waals surface area (Å²) in [4.78, 5) is 5.09. The van der Waals surface area contributed by atoms with E-state index in [2.05, 4.69) is 22.0 Å². The Hall–Kier alpha value is -0.840. The van der Waals surface area contributed by atoms with Gasteiger partial charge >= 0.3 is 0 Å². The average Bonchev–Trinajstić information content (AvgIpc) is 2.92. The van der Waals surface area contributed by atoms with Crippen LogP contribution in [-0.4, -0.2) is 55.6 Å². The fraction of sp³-hybridized carbons (Fsp3) is 0.714. The smallest absolute Gasteiger partial charge is 0.117 e. The summed E-state index contributed by atoms with van der Waals surface area (Å²) in [6.07, 6.45) is 2.94. The summed E-state index contributed by atoms with van der Waals surface area (Å²) < 4.78 is 5.28. The molecule has 0 radical (unpaired) electrons. The second-order valence-electron chi connectivity index (χ2n) is 4.89. The number of rotatable bonds is 7. The third-order valence-corrected chi connectivity index (χ3v) is 3.62. The lowest BCUT2D eigenvalue weighted by Gasteiger charge is -2.33. The van der Waals surface area contributed by atoms with E-state index in [0.29, 0.717) is 0 Å². The van der Waals surface area contributed by atoms with E-state index in [-0.39, 0.29) is 0 Å². The molecule has 0 saturated carbocycles. The monoisotopic (exact) mass is 251 g/mol. The van der Waals surface area contributed by atoms with Crippen molar-refractivity contribution in [2.24, 2.45) is 0 Å². The minimum absolute atomic E-state index is 0.844. The molecular weight excluding hydrogens is 226 g/mol. The van der Waals surface area contributed by atoms with Crippen LogP contribution in [0.25, 0.3) is 0 Å². The Morgan fingerprint density at radius 3 is 2.67 bits per heavy atom. The van der Waals surface area contributed by atoms with Crippen molar-refractivity contribution in [1.82, 2.24) is 15.1 Å². The van der Waals surface area contributed by atoms with Gasteiger partial charge in [-0.25, -0.2) is 0 Å². The highest BCUT2D eigenvalue weighted by Gasteiger charge is 2.14. The van der Waals surface area contributed by atoms with E-state index in [1.54, 1.807) is 6.26 Å². The largest absolute Gasteiger partial charge is 0.468 e. The summed E-state index contributed by atoms with van der Waals surface area (Å²) in [6, 6.07) is 3.95. The van der Waals surface area contributed by atoms with Crippen LogP contribution < -0.4 is 5.32 Å². The molecule has 0 amide bonds. The van der Waals surface area contributed by atoms with Crippen LogP contribution in [0.3, 0.4) is 0 Å². The molecule has 1 aromatic rings. The molecule has 1 aliphatic rings. The molecule has 102 valence electrons. The zero-order valence-electron chi connectivity index (χ0n) is 11.4. The van der Waals surface area contributed by atoms with Crippen molar-refractivity contribution in [2.75, 3.05) is 45.8 Å². The van der Waals surface area contributed by atoms with Gasteiger partial charge < -0.3 is 19.5 Å². The van der Waals surface area contributed by atoms with Crippen molar-refractivity contribution in [3.63, 3.8) is 0 Å². The molecule has 0 spiro atoms. The van der Waals surface area contributed by atoms with E-state index in [0.717, 1.165) is 18.8 Å². The highest BCUT2D eigenvalue weighted by Crippen LogP contribution is 2.02. The molecule has 1 N–H and O–H groups in total. The first-order valence-electron chi connectivity index (χ1n) is 7.06. The fourth-order valence-electron chi connectivity index (χ4n) is 2.38. The summed E-state index contributed by atoms with van der Waals surface area (Å²) in [5.41, 5.74) is 0. The first-order chi connectivity index (χ1) is 8.88. The molecule has 0 aromatic carbocycles. The number of nitrogens with one attached hydrogen (secondary N) is 1. The van der Waals surface area contributed by atoms with Crippen LogP contribution in [0.4, 0.5) is 0 Å². The normalized spacial score (nSPS) is 18.3. The van der Waals surface area contributed by atoms with Crippen LogP contribution in [-0.2, 0) is 6.54 Å². The number of hydrogen-bond donors (Lipinski definition) is 1. The lowest BCUT2D eigenvalue weighted by molar-refractivity contribution is 0.136. The van der Waals surface area contributed by atoms with Gasteiger partial charge in [-0.2, -0.15) is 0 Å². The Bertz CT molecular complexity index is 305. The maximum Gasteiger partial charge on any atom is 0.117 e. The zero-order chi connectivity index (χ0) is 12.6. The number of nitrogens with zero attached hydrogens (tertiary/aromatic N) is 2. The van der Waals surface area contributed by atoms with E-state index >= 15 is 0 Å². The molecule has 2 heterocycles. The minimum atomic E-state index is 0.844. The SMILES string of the molecule is CCN1CCN(CCCNCc2ccco2)CC1. The van der Waals surface area contributed by atoms with Crippen LogP contribution in [0.15, 0.2) is 22.8 Å². The summed E-state index contributed by atoms with van der Waals surface area (Å²) >= 11 is 0. The first-order valence-corrected chi connectivity index (χ1v) is 7.06. The molecule has 0 bridgehead atoms. The van der Waals surface area contributed by atoms with Crippen LogP contribution in [0, 0.1) is 0 Å². The predicted octanol–water partition coefficient (Wildman–Crippen LogP) is 1.40. The van der Waals surface area contributed by atoms with E-state index in [4.69, 9.17) is 4.42 Å². The van der Waals surface area contributed by atoms with Crippen molar-refractivity contribution in [1.29, 1.82) is 0 Å². The molecule has 0 unspecified atom stereocenters. The minimum Gasteiger partial charge on any atom is -0.468 e. The van der Waals surface area contributed by atoms with Crippen LogP contribution >= 0.6 is 0 Å². The lowest BCUT2D eigenvalue weighted by atomic mass is 10.3. The molecule has 0 aliphatic carbocycles. The van der Waals surface area contributed by atoms with Gasteiger partial charge in [-0.15, -0.1) is 0 Å². The highest BCUT2D eigenvalue weighted by atomic mass is 16.3. The topological polar surface area (TPSA) is 31.6 Å².